The van der Waals surface area contributed by atoms with Gasteiger partial charge in [0, 0.05) is 6.54 Å². The number of aryl methyl sites for hydroxylation is 2. The zero-order chi connectivity index (χ0) is 15.4. The van der Waals surface area contributed by atoms with Crippen LogP contribution in [-0.4, -0.2) is 44.9 Å². The molecule has 0 aromatic carbocycles. The lowest BCUT2D eigenvalue weighted by Gasteiger charge is -2.20. The summed E-state index contributed by atoms with van der Waals surface area (Å²) in [5.41, 5.74) is 8.52. The Morgan fingerprint density at radius 3 is 2.62 bits per heavy atom. The van der Waals surface area contributed by atoms with Crippen molar-refractivity contribution in [1.82, 2.24) is 25.2 Å². The third kappa shape index (κ3) is 3.62. The van der Waals surface area contributed by atoms with Crippen LogP contribution in [0.25, 0.3) is 11.5 Å². The Balaban J connectivity index is 2.19. The predicted molar refractivity (Wildman–Crippen MR) is 79.5 cm³/mol. The summed E-state index contributed by atoms with van der Waals surface area (Å²) < 4.78 is 5.33. The number of likely N-dealkylation sites (N-methyl/N-ethyl adjacent to an activating group) is 1. The monoisotopic (exact) mass is 290 g/mol. The maximum atomic E-state index is 6.15. The summed E-state index contributed by atoms with van der Waals surface area (Å²) in [5.74, 6) is 0.960. The molecule has 0 fully saturated rings. The second-order valence-electron chi connectivity index (χ2n) is 5.03. The second-order valence-corrected chi connectivity index (χ2v) is 5.03. The fourth-order valence-corrected chi connectivity index (χ4v) is 2.10. The number of nitrogens with zero attached hydrogens (tertiary/aromatic N) is 5. The molecule has 2 rings (SSSR count). The average molecular weight is 290 g/mol. The van der Waals surface area contributed by atoms with E-state index in [2.05, 4.69) is 39.1 Å². The summed E-state index contributed by atoms with van der Waals surface area (Å²) >= 11 is 0. The fraction of sp³-hybridized carbons (Fsp3) is 0.571. The maximum absolute atomic E-state index is 6.15. The molecule has 2 heterocycles. The SMILES string of the molecule is CCN(CC)CC(N)c1noc(-c2cc(C)nnc2C)n1. The first kappa shape index (κ1) is 15.5. The maximum Gasteiger partial charge on any atom is 0.259 e. The van der Waals surface area contributed by atoms with E-state index in [9.17, 15) is 0 Å². The van der Waals surface area contributed by atoms with Gasteiger partial charge in [-0.15, -0.1) is 0 Å². The number of hydrogen-bond acceptors (Lipinski definition) is 7. The highest BCUT2D eigenvalue weighted by molar-refractivity contribution is 5.55. The Labute approximate surface area is 124 Å². The zero-order valence-electron chi connectivity index (χ0n) is 13.0. The van der Waals surface area contributed by atoms with Crippen LogP contribution in [0, 0.1) is 13.8 Å². The molecule has 7 nitrogen and oxygen atoms in total. The minimum atomic E-state index is -0.265. The first-order valence-corrected chi connectivity index (χ1v) is 7.18. The lowest BCUT2D eigenvalue weighted by molar-refractivity contribution is 0.278. The smallest absolute Gasteiger partial charge is 0.259 e. The Bertz CT molecular complexity index is 593. The molecule has 1 unspecified atom stereocenters. The first-order valence-electron chi connectivity index (χ1n) is 7.18. The number of nitrogens with two attached hydrogens (primary N) is 1. The van der Waals surface area contributed by atoms with Crippen molar-refractivity contribution < 1.29 is 4.52 Å². The van der Waals surface area contributed by atoms with Crippen LogP contribution in [0.5, 0.6) is 0 Å². The minimum Gasteiger partial charge on any atom is -0.334 e. The largest absolute Gasteiger partial charge is 0.334 e. The quantitative estimate of drug-likeness (QED) is 0.861. The minimum absolute atomic E-state index is 0.265. The van der Waals surface area contributed by atoms with Crippen LogP contribution in [0.1, 0.15) is 37.1 Å². The van der Waals surface area contributed by atoms with E-state index in [0.717, 1.165) is 30.0 Å². The van der Waals surface area contributed by atoms with Gasteiger partial charge in [0.25, 0.3) is 5.89 Å². The molecule has 2 N–H and O–H groups in total. The number of rotatable bonds is 6. The number of aromatic nitrogens is 4. The van der Waals surface area contributed by atoms with Gasteiger partial charge < -0.3 is 15.2 Å². The van der Waals surface area contributed by atoms with Crippen molar-refractivity contribution in [3.63, 3.8) is 0 Å². The van der Waals surface area contributed by atoms with Crippen molar-refractivity contribution >= 4 is 0 Å². The molecule has 0 saturated carbocycles. The van der Waals surface area contributed by atoms with Gasteiger partial charge >= 0.3 is 0 Å². The molecule has 21 heavy (non-hydrogen) atoms. The van der Waals surface area contributed by atoms with E-state index in [1.807, 2.05) is 19.9 Å². The average Bonchev–Trinajstić information content (AvgIpc) is 2.96. The van der Waals surface area contributed by atoms with Gasteiger partial charge in [-0.05, 0) is 33.0 Å². The molecule has 0 aliphatic heterocycles. The normalized spacial score (nSPS) is 12.9. The molecular formula is C14H22N6O. The summed E-state index contributed by atoms with van der Waals surface area (Å²) in [4.78, 5) is 6.63. The Morgan fingerprint density at radius 1 is 1.24 bits per heavy atom. The zero-order valence-corrected chi connectivity index (χ0v) is 13.0. The van der Waals surface area contributed by atoms with Crippen molar-refractivity contribution in [3.05, 3.63) is 23.3 Å². The van der Waals surface area contributed by atoms with E-state index >= 15 is 0 Å². The van der Waals surface area contributed by atoms with Gasteiger partial charge in [0.05, 0.1) is 23.0 Å². The van der Waals surface area contributed by atoms with Crippen LogP contribution >= 0.6 is 0 Å². The summed E-state index contributed by atoms with van der Waals surface area (Å²) in [6, 6.07) is 1.62. The van der Waals surface area contributed by atoms with Gasteiger partial charge in [-0.3, -0.25) is 0 Å². The van der Waals surface area contributed by atoms with Crippen molar-refractivity contribution in [3.8, 4) is 11.5 Å². The molecule has 0 radical (unpaired) electrons. The van der Waals surface area contributed by atoms with Crippen molar-refractivity contribution in [2.45, 2.75) is 33.7 Å². The summed E-state index contributed by atoms with van der Waals surface area (Å²) in [5, 5.41) is 12.1. The van der Waals surface area contributed by atoms with Gasteiger partial charge in [0.1, 0.15) is 0 Å². The Hall–Kier alpha value is -1.86. The molecule has 2 aromatic rings. The Kier molecular flexibility index (Phi) is 4.98. The van der Waals surface area contributed by atoms with E-state index in [4.69, 9.17) is 10.3 Å². The predicted octanol–water partition coefficient (Wildman–Crippen LogP) is 1.49. The van der Waals surface area contributed by atoms with Crippen molar-refractivity contribution in [1.29, 1.82) is 0 Å². The van der Waals surface area contributed by atoms with E-state index in [-0.39, 0.29) is 6.04 Å². The summed E-state index contributed by atoms with van der Waals surface area (Å²) in [6.07, 6.45) is 0. The lowest BCUT2D eigenvalue weighted by Crippen LogP contribution is -2.32. The third-order valence-corrected chi connectivity index (χ3v) is 3.45. The van der Waals surface area contributed by atoms with E-state index in [1.54, 1.807) is 0 Å². The molecule has 2 aromatic heterocycles. The lowest BCUT2D eigenvalue weighted by atomic mass is 10.2. The Morgan fingerprint density at radius 2 is 1.95 bits per heavy atom. The molecular weight excluding hydrogens is 268 g/mol. The molecule has 0 aliphatic rings. The highest BCUT2D eigenvalue weighted by Crippen LogP contribution is 2.21. The third-order valence-electron chi connectivity index (χ3n) is 3.45. The summed E-state index contributed by atoms with van der Waals surface area (Å²) in [6.45, 7) is 10.5. The molecule has 0 saturated heterocycles. The van der Waals surface area contributed by atoms with Gasteiger partial charge in [0.15, 0.2) is 5.82 Å². The molecule has 0 aliphatic carbocycles. The van der Waals surface area contributed by atoms with Gasteiger partial charge in [0.2, 0.25) is 0 Å². The van der Waals surface area contributed by atoms with Crippen LogP contribution in [-0.2, 0) is 0 Å². The first-order chi connectivity index (χ1) is 10.0. The highest BCUT2D eigenvalue weighted by Gasteiger charge is 2.18. The number of hydrogen-bond donors (Lipinski definition) is 1. The van der Waals surface area contributed by atoms with Crippen LogP contribution in [0.2, 0.25) is 0 Å². The van der Waals surface area contributed by atoms with Crippen LogP contribution < -0.4 is 5.73 Å². The van der Waals surface area contributed by atoms with Gasteiger partial charge in [-0.2, -0.15) is 15.2 Å². The van der Waals surface area contributed by atoms with Crippen LogP contribution in [0.4, 0.5) is 0 Å². The highest BCUT2D eigenvalue weighted by atomic mass is 16.5. The van der Waals surface area contributed by atoms with E-state index in [1.165, 1.54) is 0 Å². The second kappa shape index (κ2) is 6.73. The fourth-order valence-electron chi connectivity index (χ4n) is 2.10. The van der Waals surface area contributed by atoms with Crippen molar-refractivity contribution in [2.24, 2.45) is 5.73 Å². The van der Waals surface area contributed by atoms with Crippen molar-refractivity contribution in [2.75, 3.05) is 19.6 Å². The standard InChI is InChI=1S/C14H22N6O/c1-5-20(6-2)8-12(15)13-16-14(21-19-13)11-7-9(3)17-18-10(11)4/h7,12H,5-6,8,15H2,1-4H3. The van der Waals surface area contributed by atoms with Gasteiger partial charge in [-0.1, -0.05) is 19.0 Å². The summed E-state index contributed by atoms with van der Waals surface area (Å²) in [7, 11) is 0. The molecule has 0 bridgehead atoms. The van der Waals surface area contributed by atoms with Crippen LogP contribution in [0.3, 0.4) is 0 Å². The van der Waals surface area contributed by atoms with E-state index in [0.29, 0.717) is 18.3 Å². The molecule has 114 valence electrons. The molecule has 1 atom stereocenters. The molecule has 7 heteroatoms. The molecule has 0 spiro atoms. The van der Waals surface area contributed by atoms with Gasteiger partial charge in [-0.25, -0.2) is 0 Å². The van der Waals surface area contributed by atoms with Crippen LogP contribution in [0.15, 0.2) is 10.6 Å². The van der Waals surface area contributed by atoms with E-state index < -0.39 is 0 Å². The molecule has 0 amide bonds. The topological polar surface area (TPSA) is 94.0 Å².